The number of nitrogens with one attached hydrogen (secondary N) is 1. The van der Waals surface area contributed by atoms with Crippen molar-refractivity contribution in [3.63, 3.8) is 0 Å². The van der Waals surface area contributed by atoms with Crippen molar-refractivity contribution in [2.45, 2.75) is 26.4 Å². The molecule has 1 fully saturated rings. The van der Waals surface area contributed by atoms with Gasteiger partial charge in [0.1, 0.15) is 0 Å². The van der Waals surface area contributed by atoms with Crippen LogP contribution in [0, 0.1) is 11.8 Å². The Kier molecular flexibility index (Phi) is 3.54. The molecule has 3 rings (SSSR count). The molecule has 1 amide bonds. The molecule has 2 aromatic rings. The molecule has 2 unspecified atom stereocenters. The highest BCUT2D eigenvalue weighted by Gasteiger charge is 2.38. The first-order chi connectivity index (χ1) is 9.74. The van der Waals surface area contributed by atoms with Crippen molar-refractivity contribution in [3.05, 3.63) is 53.9 Å². The molecule has 1 aliphatic carbocycles. The Balaban J connectivity index is 1.65. The van der Waals surface area contributed by atoms with E-state index in [1.165, 1.54) is 5.56 Å². The molecule has 1 aliphatic rings. The predicted octanol–water partition coefficient (Wildman–Crippen LogP) is 2.20. The minimum atomic E-state index is 0.186. The van der Waals surface area contributed by atoms with E-state index in [4.69, 9.17) is 0 Å². The smallest absolute Gasteiger partial charge is 0.223 e. The van der Waals surface area contributed by atoms with Gasteiger partial charge in [0, 0.05) is 24.9 Å². The van der Waals surface area contributed by atoms with Crippen LogP contribution in [0.2, 0.25) is 0 Å². The largest absolute Gasteiger partial charge is 0.352 e. The summed E-state index contributed by atoms with van der Waals surface area (Å²) in [5.41, 5.74) is 2.35. The Labute approximate surface area is 118 Å². The fraction of sp³-hybridized carbons (Fsp3) is 0.375. The van der Waals surface area contributed by atoms with Gasteiger partial charge in [-0.3, -0.25) is 9.48 Å². The molecule has 0 saturated heterocycles. The molecular formula is C16H19N3O. The molecule has 104 valence electrons. The minimum Gasteiger partial charge on any atom is -0.352 e. The van der Waals surface area contributed by atoms with Crippen LogP contribution in [0.5, 0.6) is 0 Å². The lowest BCUT2D eigenvalue weighted by Gasteiger charge is -2.11. The van der Waals surface area contributed by atoms with E-state index in [1.807, 2.05) is 29.1 Å². The monoisotopic (exact) mass is 269 g/mol. The zero-order valence-electron chi connectivity index (χ0n) is 11.6. The molecule has 4 nitrogen and oxygen atoms in total. The number of hydrogen-bond donors (Lipinski definition) is 1. The topological polar surface area (TPSA) is 46.9 Å². The molecule has 1 saturated carbocycles. The van der Waals surface area contributed by atoms with Crippen LogP contribution < -0.4 is 5.32 Å². The normalized spacial score (nSPS) is 20.6. The van der Waals surface area contributed by atoms with Gasteiger partial charge in [-0.2, -0.15) is 5.10 Å². The van der Waals surface area contributed by atoms with E-state index >= 15 is 0 Å². The van der Waals surface area contributed by atoms with E-state index in [0.717, 1.165) is 18.5 Å². The lowest BCUT2D eigenvalue weighted by Crippen LogP contribution is -2.25. The first-order valence-electron chi connectivity index (χ1n) is 7.06. The number of rotatable bonds is 5. The molecule has 1 N–H and O–H groups in total. The maximum absolute atomic E-state index is 11.9. The van der Waals surface area contributed by atoms with E-state index in [2.05, 4.69) is 29.5 Å². The molecule has 0 radical (unpaired) electrons. The van der Waals surface area contributed by atoms with Gasteiger partial charge >= 0.3 is 0 Å². The second-order valence-corrected chi connectivity index (χ2v) is 5.51. The van der Waals surface area contributed by atoms with Gasteiger partial charge in [-0.05, 0) is 29.5 Å². The number of nitrogens with zero attached hydrogens (tertiary/aromatic N) is 2. The van der Waals surface area contributed by atoms with Crippen molar-refractivity contribution in [1.29, 1.82) is 0 Å². The van der Waals surface area contributed by atoms with Gasteiger partial charge < -0.3 is 5.32 Å². The Morgan fingerprint density at radius 2 is 2.10 bits per heavy atom. The number of amides is 1. The molecule has 0 spiro atoms. The number of carbonyl (C=O) groups excluding carboxylic acids is 1. The highest BCUT2D eigenvalue weighted by Crippen LogP contribution is 2.37. The van der Waals surface area contributed by atoms with Crippen LogP contribution in [0.4, 0.5) is 0 Å². The van der Waals surface area contributed by atoms with Crippen LogP contribution in [0.25, 0.3) is 0 Å². The molecular weight excluding hydrogens is 250 g/mol. The molecule has 4 heteroatoms. The zero-order chi connectivity index (χ0) is 13.9. The average molecular weight is 269 g/mol. The summed E-state index contributed by atoms with van der Waals surface area (Å²) in [6.07, 6.45) is 4.75. The number of hydrogen-bond acceptors (Lipinski definition) is 2. The van der Waals surface area contributed by atoms with E-state index in [0.29, 0.717) is 12.5 Å². The number of aromatic nitrogens is 2. The van der Waals surface area contributed by atoms with Crippen LogP contribution in [-0.2, 0) is 17.9 Å². The van der Waals surface area contributed by atoms with Crippen LogP contribution in [0.3, 0.4) is 0 Å². The van der Waals surface area contributed by atoms with Crippen LogP contribution in [0.1, 0.15) is 24.5 Å². The molecule has 0 aliphatic heterocycles. The van der Waals surface area contributed by atoms with Gasteiger partial charge in [-0.1, -0.05) is 31.2 Å². The third-order valence-corrected chi connectivity index (χ3v) is 3.91. The second-order valence-electron chi connectivity index (χ2n) is 5.51. The van der Waals surface area contributed by atoms with E-state index in [1.54, 1.807) is 6.20 Å². The van der Waals surface area contributed by atoms with Crippen molar-refractivity contribution in [3.8, 4) is 0 Å². The summed E-state index contributed by atoms with van der Waals surface area (Å²) in [5.74, 6) is 0.967. The lowest BCUT2D eigenvalue weighted by atomic mass is 10.1. The molecule has 1 aromatic heterocycles. The third kappa shape index (κ3) is 2.90. The van der Waals surface area contributed by atoms with Gasteiger partial charge in [0.15, 0.2) is 0 Å². The Bertz CT molecular complexity index is 592. The first kappa shape index (κ1) is 12.9. The maximum Gasteiger partial charge on any atom is 0.223 e. The Hall–Kier alpha value is -2.10. The average Bonchev–Trinajstić information content (AvgIpc) is 2.97. The first-order valence-corrected chi connectivity index (χ1v) is 7.06. The third-order valence-electron chi connectivity index (χ3n) is 3.91. The SMILES string of the molecule is CC1CC1C(=O)NCc1ccccc1Cn1cccn1. The van der Waals surface area contributed by atoms with Crippen molar-refractivity contribution in [1.82, 2.24) is 15.1 Å². The zero-order valence-corrected chi connectivity index (χ0v) is 11.6. The quantitative estimate of drug-likeness (QED) is 0.904. The van der Waals surface area contributed by atoms with E-state index in [9.17, 15) is 4.79 Å². The molecule has 1 heterocycles. The Morgan fingerprint density at radius 3 is 2.75 bits per heavy atom. The summed E-state index contributed by atoms with van der Waals surface area (Å²) < 4.78 is 1.89. The van der Waals surface area contributed by atoms with Gasteiger partial charge in [-0.25, -0.2) is 0 Å². The van der Waals surface area contributed by atoms with Crippen LogP contribution in [0.15, 0.2) is 42.7 Å². The summed E-state index contributed by atoms with van der Waals surface area (Å²) >= 11 is 0. The van der Waals surface area contributed by atoms with Crippen molar-refractivity contribution < 1.29 is 4.79 Å². The fourth-order valence-electron chi connectivity index (χ4n) is 2.45. The summed E-state index contributed by atoms with van der Waals surface area (Å²) in [7, 11) is 0. The molecule has 1 aromatic carbocycles. The van der Waals surface area contributed by atoms with Crippen molar-refractivity contribution in [2.24, 2.45) is 11.8 Å². The number of carbonyl (C=O) groups is 1. The summed E-state index contributed by atoms with van der Waals surface area (Å²) in [5, 5.41) is 7.27. The van der Waals surface area contributed by atoms with Gasteiger partial charge in [0.25, 0.3) is 0 Å². The maximum atomic E-state index is 11.9. The molecule has 0 bridgehead atoms. The fourth-order valence-corrected chi connectivity index (χ4v) is 2.45. The van der Waals surface area contributed by atoms with Crippen molar-refractivity contribution >= 4 is 5.91 Å². The molecule has 2 atom stereocenters. The van der Waals surface area contributed by atoms with Crippen LogP contribution >= 0.6 is 0 Å². The second kappa shape index (κ2) is 5.49. The molecule has 20 heavy (non-hydrogen) atoms. The minimum absolute atomic E-state index is 0.186. The highest BCUT2D eigenvalue weighted by atomic mass is 16.2. The standard InChI is InChI=1S/C16H19N3O/c1-12-9-15(12)16(20)17-10-13-5-2-3-6-14(13)11-19-8-4-7-18-19/h2-8,12,15H,9-11H2,1H3,(H,17,20). The van der Waals surface area contributed by atoms with Crippen molar-refractivity contribution in [2.75, 3.05) is 0 Å². The number of benzene rings is 1. The predicted molar refractivity (Wildman–Crippen MR) is 76.9 cm³/mol. The lowest BCUT2D eigenvalue weighted by molar-refractivity contribution is -0.122. The highest BCUT2D eigenvalue weighted by molar-refractivity contribution is 5.81. The summed E-state index contributed by atoms with van der Waals surface area (Å²) in [6.45, 7) is 3.45. The van der Waals surface area contributed by atoms with Crippen LogP contribution in [-0.4, -0.2) is 15.7 Å². The van der Waals surface area contributed by atoms with E-state index in [-0.39, 0.29) is 11.8 Å². The van der Waals surface area contributed by atoms with E-state index < -0.39 is 0 Å². The Morgan fingerprint density at radius 1 is 1.35 bits per heavy atom. The summed E-state index contributed by atoms with van der Waals surface area (Å²) in [4.78, 5) is 11.9. The van der Waals surface area contributed by atoms with Gasteiger partial charge in [-0.15, -0.1) is 0 Å². The van der Waals surface area contributed by atoms with Gasteiger partial charge in [0.05, 0.1) is 6.54 Å². The van der Waals surface area contributed by atoms with Gasteiger partial charge in [0.2, 0.25) is 5.91 Å². The summed E-state index contributed by atoms with van der Waals surface area (Å²) in [6, 6.07) is 10.1.